The highest BCUT2D eigenvalue weighted by Crippen LogP contribution is 2.18. The van der Waals surface area contributed by atoms with Crippen LogP contribution < -0.4 is 15.4 Å². The molecule has 2 N–H and O–H groups in total. The van der Waals surface area contributed by atoms with Crippen LogP contribution in [0.15, 0.2) is 60.7 Å². The van der Waals surface area contributed by atoms with Crippen molar-refractivity contribution in [1.82, 2.24) is 9.97 Å². The minimum Gasteiger partial charge on any atom is -0.496 e. The van der Waals surface area contributed by atoms with Crippen LogP contribution in [0.2, 0.25) is 0 Å². The second-order valence-corrected chi connectivity index (χ2v) is 6.72. The molecular formula is C23H28N4O. The Balaban J connectivity index is 1.48. The number of para-hydroxylation sites is 1. The number of nitrogens with one attached hydrogen (secondary N) is 2. The monoisotopic (exact) mass is 376 g/mol. The molecule has 1 aromatic heterocycles. The molecule has 0 aliphatic carbocycles. The highest BCUT2D eigenvalue weighted by atomic mass is 16.5. The van der Waals surface area contributed by atoms with Crippen LogP contribution in [0.1, 0.15) is 23.2 Å². The van der Waals surface area contributed by atoms with Gasteiger partial charge in [-0.1, -0.05) is 48.5 Å². The number of rotatable bonds is 10. The number of ether oxygens (including phenoxy) is 1. The lowest BCUT2D eigenvalue weighted by atomic mass is 10.1. The van der Waals surface area contributed by atoms with Gasteiger partial charge in [-0.05, 0) is 43.4 Å². The highest BCUT2D eigenvalue weighted by Gasteiger charge is 2.04. The van der Waals surface area contributed by atoms with Gasteiger partial charge in [-0.25, -0.2) is 4.98 Å². The van der Waals surface area contributed by atoms with Crippen molar-refractivity contribution >= 4 is 11.8 Å². The minimum absolute atomic E-state index is 0.674. The summed E-state index contributed by atoms with van der Waals surface area (Å²) in [6, 6.07) is 20.6. The molecule has 28 heavy (non-hydrogen) atoms. The number of methoxy groups -OCH3 is 1. The largest absolute Gasteiger partial charge is 0.496 e. The zero-order valence-corrected chi connectivity index (χ0v) is 16.6. The summed E-state index contributed by atoms with van der Waals surface area (Å²) >= 11 is 0. The first-order valence-electron chi connectivity index (χ1n) is 9.74. The van der Waals surface area contributed by atoms with Crippen molar-refractivity contribution in [2.45, 2.75) is 26.2 Å². The van der Waals surface area contributed by atoms with Gasteiger partial charge in [-0.15, -0.1) is 0 Å². The summed E-state index contributed by atoms with van der Waals surface area (Å²) in [5.74, 6) is 2.43. The van der Waals surface area contributed by atoms with Gasteiger partial charge in [0, 0.05) is 24.8 Å². The van der Waals surface area contributed by atoms with E-state index in [1.165, 1.54) is 11.1 Å². The van der Waals surface area contributed by atoms with E-state index in [9.17, 15) is 0 Å². The molecule has 1 heterocycles. The van der Waals surface area contributed by atoms with E-state index in [0.29, 0.717) is 5.95 Å². The maximum absolute atomic E-state index is 5.41. The fourth-order valence-corrected chi connectivity index (χ4v) is 3.11. The number of aryl methyl sites for hydroxylation is 2. The van der Waals surface area contributed by atoms with E-state index in [-0.39, 0.29) is 0 Å². The topological polar surface area (TPSA) is 59.1 Å². The molecule has 146 valence electrons. The fourth-order valence-electron chi connectivity index (χ4n) is 3.11. The lowest BCUT2D eigenvalue weighted by Crippen LogP contribution is -2.11. The Bertz CT molecular complexity index is 867. The third kappa shape index (κ3) is 5.98. The molecule has 3 rings (SSSR count). The number of hydrogen-bond donors (Lipinski definition) is 2. The van der Waals surface area contributed by atoms with Crippen LogP contribution in [0, 0.1) is 6.92 Å². The minimum atomic E-state index is 0.674. The third-order valence-electron chi connectivity index (χ3n) is 4.52. The number of hydrogen-bond acceptors (Lipinski definition) is 5. The Kier molecular flexibility index (Phi) is 7.24. The Hall–Kier alpha value is -3.08. The zero-order chi connectivity index (χ0) is 19.6. The van der Waals surface area contributed by atoms with Gasteiger partial charge in [0.1, 0.15) is 11.6 Å². The van der Waals surface area contributed by atoms with Crippen LogP contribution in [0.4, 0.5) is 11.8 Å². The van der Waals surface area contributed by atoms with Crippen LogP contribution >= 0.6 is 0 Å². The van der Waals surface area contributed by atoms with Crippen LogP contribution in [0.5, 0.6) is 5.75 Å². The molecule has 0 bridgehead atoms. The summed E-state index contributed by atoms with van der Waals surface area (Å²) in [6.45, 7) is 3.62. The molecule has 2 aromatic carbocycles. The van der Waals surface area contributed by atoms with Gasteiger partial charge in [0.05, 0.1) is 7.11 Å². The van der Waals surface area contributed by atoms with Crippen molar-refractivity contribution in [3.05, 3.63) is 77.5 Å². The van der Waals surface area contributed by atoms with Gasteiger partial charge in [0.2, 0.25) is 5.95 Å². The first kappa shape index (κ1) is 19.7. The SMILES string of the molecule is COc1ccccc1CCNc1cc(C)nc(NCCCc2ccccc2)n1. The predicted molar refractivity (Wildman–Crippen MR) is 115 cm³/mol. The maximum Gasteiger partial charge on any atom is 0.224 e. The summed E-state index contributed by atoms with van der Waals surface area (Å²) in [5, 5.41) is 6.74. The van der Waals surface area contributed by atoms with E-state index in [1.807, 2.05) is 37.3 Å². The summed E-state index contributed by atoms with van der Waals surface area (Å²) < 4.78 is 5.41. The summed E-state index contributed by atoms with van der Waals surface area (Å²) in [6.07, 6.45) is 2.95. The van der Waals surface area contributed by atoms with Crippen LogP contribution in [0.25, 0.3) is 0 Å². The van der Waals surface area contributed by atoms with Crippen molar-refractivity contribution in [3.63, 3.8) is 0 Å². The Labute approximate surface area is 167 Å². The van der Waals surface area contributed by atoms with Crippen molar-refractivity contribution in [1.29, 1.82) is 0 Å². The molecule has 0 aliphatic heterocycles. The number of aromatic nitrogens is 2. The molecule has 3 aromatic rings. The van der Waals surface area contributed by atoms with Gasteiger partial charge < -0.3 is 15.4 Å². The standard InChI is InChI=1S/C23H28N4O/c1-18-17-22(24-16-14-20-12-6-7-13-21(20)28-2)27-23(26-18)25-15-8-11-19-9-4-3-5-10-19/h3-7,9-10,12-13,17H,8,11,14-16H2,1-2H3,(H2,24,25,26,27). The Morgan fingerprint density at radius 2 is 1.64 bits per heavy atom. The normalized spacial score (nSPS) is 10.5. The van der Waals surface area contributed by atoms with E-state index in [0.717, 1.165) is 49.6 Å². The van der Waals surface area contributed by atoms with Gasteiger partial charge in [-0.2, -0.15) is 4.98 Å². The molecule has 0 radical (unpaired) electrons. The summed E-state index contributed by atoms with van der Waals surface area (Å²) in [7, 11) is 1.70. The molecule has 5 nitrogen and oxygen atoms in total. The fraction of sp³-hybridized carbons (Fsp3) is 0.304. The van der Waals surface area contributed by atoms with E-state index in [2.05, 4.69) is 50.9 Å². The van der Waals surface area contributed by atoms with Gasteiger partial charge in [0.25, 0.3) is 0 Å². The first-order chi connectivity index (χ1) is 13.7. The quantitative estimate of drug-likeness (QED) is 0.511. The van der Waals surface area contributed by atoms with Crippen molar-refractivity contribution in [3.8, 4) is 5.75 Å². The molecule has 0 saturated carbocycles. The van der Waals surface area contributed by atoms with Crippen molar-refractivity contribution in [2.75, 3.05) is 30.8 Å². The maximum atomic E-state index is 5.41. The van der Waals surface area contributed by atoms with E-state index < -0.39 is 0 Å². The molecule has 0 saturated heterocycles. The lowest BCUT2D eigenvalue weighted by Gasteiger charge is -2.11. The van der Waals surface area contributed by atoms with Crippen LogP contribution in [0.3, 0.4) is 0 Å². The van der Waals surface area contributed by atoms with Crippen LogP contribution in [-0.2, 0) is 12.8 Å². The average Bonchev–Trinajstić information content (AvgIpc) is 2.72. The number of nitrogens with zero attached hydrogens (tertiary/aromatic N) is 2. The molecule has 0 amide bonds. The molecule has 0 unspecified atom stereocenters. The third-order valence-corrected chi connectivity index (χ3v) is 4.52. The van der Waals surface area contributed by atoms with Crippen molar-refractivity contribution in [2.24, 2.45) is 0 Å². The Morgan fingerprint density at radius 1 is 0.857 bits per heavy atom. The number of anilines is 2. The molecular weight excluding hydrogens is 348 g/mol. The second kappa shape index (κ2) is 10.3. The molecule has 0 fully saturated rings. The predicted octanol–water partition coefficient (Wildman–Crippen LogP) is 4.49. The summed E-state index contributed by atoms with van der Waals surface area (Å²) in [4.78, 5) is 9.08. The smallest absolute Gasteiger partial charge is 0.224 e. The van der Waals surface area contributed by atoms with E-state index >= 15 is 0 Å². The van der Waals surface area contributed by atoms with Crippen LogP contribution in [-0.4, -0.2) is 30.2 Å². The average molecular weight is 377 g/mol. The number of benzene rings is 2. The second-order valence-electron chi connectivity index (χ2n) is 6.72. The highest BCUT2D eigenvalue weighted by molar-refractivity contribution is 5.43. The first-order valence-corrected chi connectivity index (χ1v) is 9.74. The van der Waals surface area contributed by atoms with E-state index in [1.54, 1.807) is 7.11 Å². The van der Waals surface area contributed by atoms with Gasteiger partial charge in [-0.3, -0.25) is 0 Å². The molecule has 0 spiro atoms. The molecule has 0 atom stereocenters. The van der Waals surface area contributed by atoms with E-state index in [4.69, 9.17) is 4.74 Å². The molecule has 5 heteroatoms. The summed E-state index contributed by atoms with van der Waals surface area (Å²) in [5.41, 5.74) is 3.48. The molecule has 0 aliphatic rings. The Morgan fingerprint density at radius 3 is 2.46 bits per heavy atom. The zero-order valence-electron chi connectivity index (χ0n) is 16.6. The van der Waals surface area contributed by atoms with Crippen molar-refractivity contribution < 1.29 is 4.74 Å². The lowest BCUT2D eigenvalue weighted by molar-refractivity contribution is 0.410. The van der Waals surface area contributed by atoms with Gasteiger partial charge >= 0.3 is 0 Å². The van der Waals surface area contributed by atoms with Gasteiger partial charge in [0.15, 0.2) is 0 Å².